The highest BCUT2D eigenvalue weighted by atomic mass is 35.5. The second kappa shape index (κ2) is 9.42. The van der Waals surface area contributed by atoms with Gasteiger partial charge >= 0.3 is 0 Å². The van der Waals surface area contributed by atoms with Crippen LogP contribution >= 0.6 is 35.6 Å². The van der Waals surface area contributed by atoms with Gasteiger partial charge in [-0.1, -0.05) is 66.5 Å². The van der Waals surface area contributed by atoms with Gasteiger partial charge in [0.25, 0.3) is 0 Å². The Kier molecular flexibility index (Phi) is 7.56. The summed E-state index contributed by atoms with van der Waals surface area (Å²) in [6.07, 6.45) is 3.63. The number of nitrogens with zero attached hydrogens (tertiary/aromatic N) is 1. The first-order valence-corrected chi connectivity index (χ1v) is 9.45. The summed E-state index contributed by atoms with van der Waals surface area (Å²) in [5.41, 5.74) is 1.22. The van der Waals surface area contributed by atoms with Gasteiger partial charge in [-0.05, 0) is 18.4 Å². The van der Waals surface area contributed by atoms with Gasteiger partial charge in [0.15, 0.2) is 5.78 Å². The fraction of sp³-hybridized carbons (Fsp3) is 0.412. The van der Waals surface area contributed by atoms with Crippen molar-refractivity contribution >= 4 is 45.7 Å². The van der Waals surface area contributed by atoms with Crippen LogP contribution in [-0.4, -0.2) is 50.4 Å². The van der Waals surface area contributed by atoms with Gasteiger partial charge in [0.05, 0.1) is 6.54 Å². The second-order valence-electron chi connectivity index (χ2n) is 5.37. The van der Waals surface area contributed by atoms with E-state index in [9.17, 15) is 9.90 Å². The number of Topliss-reactive ketones (excluding diaryl/α,β-unsaturated/α-hetero) is 1. The fourth-order valence-corrected chi connectivity index (χ4v) is 3.95. The Bertz CT molecular complexity index is 565. The molecule has 0 aliphatic carbocycles. The summed E-state index contributed by atoms with van der Waals surface area (Å²) >= 11 is 12.5. The van der Waals surface area contributed by atoms with Crippen molar-refractivity contribution in [3.63, 3.8) is 0 Å². The normalized spacial score (nSPS) is 19.5. The molecule has 1 aliphatic heterocycles. The highest BCUT2D eigenvalue weighted by molar-refractivity contribution is 8.23. The van der Waals surface area contributed by atoms with E-state index in [4.69, 9.17) is 23.8 Å². The van der Waals surface area contributed by atoms with Gasteiger partial charge in [-0.3, -0.25) is 4.79 Å². The van der Waals surface area contributed by atoms with Gasteiger partial charge in [0.1, 0.15) is 10.4 Å². The first-order valence-electron chi connectivity index (χ1n) is 7.52. The summed E-state index contributed by atoms with van der Waals surface area (Å²) in [6, 6.07) is 10.4. The maximum atomic E-state index is 12.2. The second-order valence-corrected chi connectivity index (χ2v) is 7.40. The van der Waals surface area contributed by atoms with Crippen molar-refractivity contribution in [2.24, 2.45) is 0 Å². The third-order valence-corrected chi connectivity index (χ3v) is 5.48. The van der Waals surface area contributed by atoms with Crippen molar-refractivity contribution < 1.29 is 9.90 Å². The van der Waals surface area contributed by atoms with Crippen molar-refractivity contribution in [1.29, 1.82) is 0 Å². The molecule has 1 fully saturated rings. The molecule has 23 heavy (non-hydrogen) atoms. The molecule has 1 saturated heterocycles. The fourth-order valence-electron chi connectivity index (χ4n) is 2.40. The van der Waals surface area contributed by atoms with Crippen LogP contribution in [0.2, 0.25) is 0 Å². The van der Waals surface area contributed by atoms with Gasteiger partial charge < -0.3 is 10.0 Å². The topological polar surface area (TPSA) is 40.5 Å². The minimum absolute atomic E-state index is 0.149. The molecular weight excluding hydrogens is 350 g/mol. The Balaban J connectivity index is 1.95. The van der Waals surface area contributed by atoms with Gasteiger partial charge in [-0.15, -0.1) is 11.6 Å². The third-order valence-electron chi connectivity index (χ3n) is 3.64. The summed E-state index contributed by atoms with van der Waals surface area (Å²) in [5.74, 6) is 1.11. The van der Waals surface area contributed by atoms with Crippen molar-refractivity contribution in [2.75, 3.05) is 18.2 Å². The van der Waals surface area contributed by atoms with Crippen molar-refractivity contribution in [1.82, 2.24) is 4.90 Å². The summed E-state index contributed by atoms with van der Waals surface area (Å²) < 4.78 is 0.733. The number of aliphatic hydroxyl groups is 1. The highest BCUT2D eigenvalue weighted by Gasteiger charge is 2.31. The first-order chi connectivity index (χ1) is 11.1. The van der Waals surface area contributed by atoms with Crippen LogP contribution in [-0.2, 0) is 11.2 Å². The molecule has 6 heteroatoms. The molecule has 2 atom stereocenters. The van der Waals surface area contributed by atoms with Crippen molar-refractivity contribution in [3.8, 4) is 0 Å². The maximum absolute atomic E-state index is 12.2. The Morgan fingerprint density at radius 2 is 2.22 bits per heavy atom. The number of hydrogen-bond donors (Lipinski definition) is 1. The van der Waals surface area contributed by atoms with Gasteiger partial charge in [-0.25, -0.2) is 0 Å². The molecule has 1 heterocycles. The number of alkyl halides is 1. The lowest BCUT2D eigenvalue weighted by Crippen LogP contribution is -2.41. The van der Waals surface area contributed by atoms with E-state index in [0.29, 0.717) is 12.3 Å². The zero-order chi connectivity index (χ0) is 16.7. The highest BCUT2D eigenvalue weighted by Crippen LogP contribution is 2.26. The summed E-state index contributed by atoms with van der Waals surface area (Å²) in [6.45, 7) is 0.149. The van der Waals surface area contributed by atoms with Crippen LogP contribution in [0.25, 0.3) is 0 Å². The molecule has 1 aliphatic rings. The lowest BCUT2D eigenvalue weighted by atomic mass is 10.1. The molecule has 1 aromatic rings. The largest absolute Gasteiger partial charge is 0.381 e. The number of rotatable bonds is 8. The molecule has 0 aromatic heterocycles. The average molecular weight is 370 g/mol. The predicted molar refractivity (Wildman–Crippen MR) is 101 cm³/mol. The smallest absolute Gasteiger partial charge is 0.184 e. The van der Waals surface area contributed by atoms with Gasteiger partial charge in [-0.2, -0.15) is 0 Å². The zero-order valence-corrected chi connectivity index (χ0v) is 15.1. The van der Waals surface area contributed by atoms with Gasteiger partial charge in [0, 0.05) is 17.7 Å². The van der Waals surface area contributed by atoms with E-state index in [2.05, 4.69) is 12.1 Å². The number of halogens is 1. The van der Waals surface area contributed by atoms with E-state index in [1.807, 2.05) is 23.1 Å². The molecule has 1 aromatic carbocycles. The van der Waals surface area contributed by atoms with E-state index in [1.54, 1.807) is 17.8 Å². The third kappa shape index (κ3) is 5.60. The summed E-state index contributed by atoms with van der Waals surface area (Å²) in [4.78, 5) is 14.1. The van der Waals surface area contributed by atoms with E-state index < -0.39 is 6.10 Å². The molecule has 0 saturated carbocycles. The molecule has 3 nitrogen and oxygen atoms in total. The molecule has 0 spiro atoms. The molecule has 2 rings (SSSR count). The molecule has 1 N–H and O–H groups in total. The number of carbonyl (C=O) groups excluding carboxylic acids is 1. The van der Waals surface area contributed by atoms with Crippen LogP contribution in [0.1, 0.15) is 12.0 Å². The molecule has 0 unspecified atom stereocenters. The number of benzene rings is 1. The quantitative estimate of drug-likeness (QED) is 0.433. The van der Waals surface area contributed by atoms with E-state index in [-0.39, 0.29) is 18.4 Å². The molecule has 0 amide bonds. The first kappa shape index (κ1) is 18.5. The minimum atomic E-state index is -1.09. The van der Waals surface area contributed by atoms with Crippen LogP contribution in [0.4, 0.5) is 0 Å². The van der Waals surface area contributed by atoms with Crippen molar-refractivity contribution in [3.05, 3.63) is 48.0 Å². The monoisotopic (exact) mass is 369 g/mol. The zero-order valence-electron chi connectivity index (χ0n) is 12.7. The standard InChI is InChI=1S/C17H20ClNO2S2/c18-9-5-4-8-15(20)16(21)11-19-14(12-23-17(19)22)10-13-6-2-1-3-7-13/h1-4,6-8,14-15,20H,5,9-12H2/b8-4+/t14-,15+/m1/s1. The number of aliphatic hydroxyl groups excluding tert-OH is 1. The lowest BCUT2D eigenvalue weighted by Gasteiger charge is -2.25. The summed E-state index contributed by atoms with van der Waals surface area (Å²) in [5, 5.41) is 9.91. The number of thiocarbonyl (C=S) groups is 1. The Morgan fingerprint density at radius 3 is 2.91 bits per heavy atom. The number of carbonyl (C=O) groups is 1. The predicted octanol–water partition coefficient (Wildman–Crippen LogP) is 3.05. The molecular formula is C17H20ClNO2S2. The van der Waals surface area contributed by atoms with Crippen LogP contribution in [0.15, 0.2) is 42.5 Å². The van der Waals surface area contributed by atoms with Crippen LogP contribution in [0.3, 0.4) is 0 Å². The van der Waals surface area contributed by atoms with E-state index >= 15 is 0 Å². The summed E-state index contributed by atoms with van der Waals surface area (Å²) in [7, 11) is 0. The van der Waals surface area contributed by atoms with E-state index in [1.165, 1.54) is 11.6 Å². The van der Waals surface area contributed by atoms with Crippen LogP contribution < -0.4 is 0 Å². The number of ketones is 1. The lowest BCUT2D eigenvalue weighted by molar-refractivity contribution is -0.125. The molecule has 124 valence electrons. The molecule has 0 radical (unpaired) electrons. The van der Waals surface area contributed by atoms with Crippen LogP contribution in [0, 0.1) is 0 Å². The Hall–Kier alpha value is -0.880. The van der Waals surface area contributed by atoms with Gasteiger partial charge in [0.2, 0.25) is 0 Å². The number of hydrogen-bond acceptors (Lipinski definition) is 4. The number of thioether (sulfide) groups is 1. The average Bonchev–Trinajstić information content (AvgIpc) is 2.89. The van der Waals surface area contributed by atoms with Crippen LogP contribution in [0.5, 0.6) is 0 Å². The minimum Gasteiger partial charge on any atom is -0.381 e. The SMILES string of the molecule is O=C(CN1C(=S)SC[C@H]1Cc1ccccc1)[C@@H](O)/C=C/CCCl. The maximum Gasteiger partial charge on any atom is 0.184 e. The number of allylic oxidation sites excluding steroid dienone is 1. The Morgan fingerprint density at radius 1 is 1.48 bits per heavy atom. The van der Waals surface area contributed by atoms with E-state index in [0.717, 1.165) is 16.5 Å². The van der Waals surface area contributed by atoms with Crippen molar-refractivity contribution in [2.45, 2.75) is 25.0 Å². The molecule has 0 bridgehead atoms. The Labute approximate surface area is 151 Å².